The van der Waals surface area contributed by atoms with Crippen molar-refractivity contribution in [2.45, 2.75) is 64.8 Å². The second-order valence-corrected chi connectivity index (χ2v) is 10.1. The Bertz CT molecular complexity index is 1170. The normalized spacial score (nSPS) is 30.8. The number of ether oxygens (including phenoxy) is 3. The number of H-pyrrole nitrogens is 1. The van der Waals surface area contributed by atoms with Crippen molar-refractivity contribution in [3.05, 3.63) is 33.1 Å². The summed E-state index contributed by atoms with van der Waals surface area (Å²) in [6, 6.07) is 1.14. The first-order valence-corrected chi connectivity index (χ1v) is 12.2. The van der Waals surface area contributed by atoms with Crippen molar-refractivity contribution < 1.29 is 41.9 Å². The van der Waals surface area contributed by atoms with E-state index in [1.54, 1.807) is 20.8 Å². The van der Waals surface area contributed by atoms with Crippen LogP contribution < -0.4 is 11.2 Å². The second kappa shape index (κ2) is 10.5. The third-order valence-corrected chi connectivity index (χ3v) is 6.80. The first-order valence-electron chi connectivity index (χ1n) is 10.8. The molecule has 192 valence electrons. The molecule has 2 aliphatic rings. The van der Waals surface area contributed by atoms with E-state index >= 15 is 0 Å². The highest BCUT2D eigenvalue weighted by atomic mass is 31.2. The Morgan fingerprint density at radius 1 is 1.37 bits per heavy atom. The fourth-order valence-corrected chi connectivity index (χ4v) is 5.22. The molecule has 3 heterocycles. The Morgan fingerprint density at radius 3 is 2.69 bits per heavy atom. The number of nitrogens with one attached hydrogen (secondary N) is 1. The smallest absolute Gasteiger partial charge is 0.460 e. The number of hydrogen-bond donors (Lipinski definition) is 1. The van der Waals surface area contributed by atoms with Crippen LogP contribution >= 0.6 is 7.82 Å². The Kier molecular flexibility index (Phi) is 8.03. The maximum Gasteiger partial charge on any atom is 0.475 e. The lowest BCUT2D eigenvalue weighted by Crippen LogP contribution is -2.43. The van der Waals surface area contributed by atoms with Crippen LogP contribution in [0.5, 0.6) is 0 Å². The van der Waals surface area contributed by atoms with Gasteiger partial charge in [-0.1, -0.05) is 5.92 Å². The van der Waals surface area contributed by atoms with E-state index in [0.29, 0.717) is 0 Å². The molecule has 2 fully saturated rings. The summed E-state index contributed by atoms with van der Waals surface area (Å²) in [6.07, 6.45) is 2.27. The first-order chi connectivity index (χ1) is 16.4. The third kappa shape index (κ3) is 5.91. The fraction of sp³-hybridized carbons (Fsp3) is 0.619. The predicted molar refractivity (Wildman–Crippen MR) is 118 cm³/mol. The molecule has 0 aliphatic carbocycles. The molecule has 0 bridgehead atoms. The van der Waals surface area contributed by atoms with Crippen molar-refractivity contribution in [3.63, 3.8) is 0 Å². The van der Waals surface area contributed by atoms with Crippen LogP contribution in [0.15, 0.2) is 21.9 Å². The molecule has 3 rings (SSSR count). The Hall–Kier alpha value is -2.75. The molecule has 13 nitrogen and oxygen atoms in total. The highest BCUT2D eigenvalue weighted by Crippen LogP contribution is 2.60. The van der Waals surface area contributed by atoms with E-state index in [2.05, 4.69) is 10.9 Å². The summed E-state index contributed by atoms with van der Waals surface area (Å²) in [7, 11) is -4.18. The zero-order valence-electron chi connectivity index (χ0n) is 19.6. The Balaban J connectivity index is 1.72. The van der Waals surface area contributed by atoms with E-state index in [0.717, 1.165) is 17.6 Å². The molecular formula is C21H27N2O11P. The molecule has 1 N–H and O–H groups in total. The molecule has 0 unspecified atom stereocenters. The van der Waals surface area contributed by atoms with E-state index < -0.39 is 67.1 Å². The molecule has 14 heteroatoms. The first kappa shape index (κ1) is 26.8. The lowest BCUT2D eigenvalue weighted by molar-refractivity contribution is -0.170. The average Bonchev–Trinajstić information content (AvgIpc) is 3.04. The number of esters is 2. The van der Waals surface area contributed by atoms with Gasteiger partial charge in [-0.05, 0) is 20.8 Å². The predicted octanol–water partition coefficient (Wildman–Crippen LogP) is 0.887. The number of aromatic nitrogens is 2. The largest absolute Gasteiger partial charge is 0.475 e. The van der Waals surface area contributed by atoms with Gasteiger partial charge in [-0.3, -0.25) is 32.7 Å². The molecule has 0 saturated carbocycles. The van der Waals surface area contributed by atoms with Gasteiger partial charge in [0.1, 0.15) is 17.6 Å². The van der Waals surface area contributed by atoms with Crippen molar-refractivity contribution in [2.75, 3.05) is 13.2 Å². The van der Waals surface area contributed by atoms with Gasteiger partial charge in [-0.25, -0.2) is 14.2 Å². The lowest BCUT2D eigenvalue weighted by atomic mass is 9.83. The molecule has 2 saturated heterocycles. The molecule has 0 spiro atoms. The Morgan fingerprint density at radius 2 is 2.09 bits per heavy atom. The van der Waals surface area contributed by atoms with Gasteiger partial charge in [0.25, 0.3) is 5.56 Å². The van der Waals surface area contributed by atoms with E-state index in [1.165, 1.54) is 6.20 Å². The van der Waals surface area contributed by atoms with Crippen LogP contribution in [0.4, 0.5) is 0 Å². The second-order valence-electron chi connectivity index (χ2n) is 8.45. The maximum atomic E-state index is 13.2. The summed E-state index contributed by atoms with van der Waals surface area (Å²) in [6.45, 7) is 5.42. The van der Waals surface area contributed by atoms with Crippen molar-refractivity contribution in [3.8, 4) is 12.3 Å². The SMILES string of the molecule is C#C[C@]1(C)[C@@H]2O[P@](=O)(OCC[C@H](OC(C)=O)C(=O)OC(C)C)OC[C@H]2O[C@H]1n1ccc(=O)[nH]c1=O. The lowest BCUT2D eigenvalue weighted by Gasteiger charge is -2.35. The molecule has 1 aromatic rings. The van der Waals surface area contributed by atoms with Crippen LogP contribution in [0, 0.1) is 17.8 Å². The van der Waals surface area contributed by atoms with Gasteiger partial charge in [0, 0.05) is 25.6 Å². The van der Waals surface area contributed by atoms with Crippen LogP contribution in [0.3, 0.4) is 0 Å². The van der Waals surface area contributed by atoms with Crippen molar-refractivity contribution in [1.29, 1.82) is 0 Å². The summed E-state index contributed by atoms with van der Waals surface area (Å²) < 4.78 is 46.4. The standard InChI is InChI=1S/C21H27N2O11P/c1-6-21(5)17-15(33-19(21)23-9-7-16(25)22-20(23)27)11-30-35(28,34-17)29-10-8-14(32-13(4)24)18(26)31-12(2)3/h1,7,9,12,14-15,17,19H,8,10-11H2,2-5H3,(H,22,25,27)/t14-,15+,17+,19+,21+,35+/m0/s1. The van der Waals surface area contributed by atoms with E-state index in [1.807, 2.05) is 0 Å². The summed E-state index contributed by atoms with van der Waals surface area (Å²) in [4.78, 5) is 49.4. The number of terminal acetylenes is 1. The highest BCUT2D eigenvalue weighted by Gasteiger charge is 2.60. The summed E-state index contributed by atoms with van der Waals surface area (Å²) >= 11 is 0. The number of nitrogens with zero attached hydrogens (tertiary/aromatic N) is 1. The van der Waals surface area contributed by atoms with Gasteiger partial charge < -0.3 is 14.2 Å². The van der Waals surface area contributed by atoms with Crippen LogP contribution in [0.25, 0.3) is 0 Å². The van der Waals surface area contributed by atoms with E-state index in [9.17, 15) is 23.7 Å². The zero-order chi connectivity index (χ0) is 26.0. The van der Waals surface area contributed by atoms with Crippen molar-refractivity contribution >= 4 is 19.8 Å². The minimum atomic E-state index is -4.18. The number of aromatic amines is 1. The zero-order valence-corrected chi connectivity index (χ0v) is 20.5. The molecular weight excluding hydrogens is 487 g/mol. The molecule has 6 atom stereocenters. The average molecular weight is 514 g/mol. The van der Waals surface area contributed by atoms with Gasteiger partial charge in [-0.2, -0.15) is 0 Å². The molecule has 0 aromatic carbocycles. The number of carbonyl (C=O) groups excluding carboxylic acids is 2. The van der Waals surface area contributed by atoms with Crippen LogP contribution in [-0.2, 0) is 41.9 Å². The number of phosphoric acid groups is 1. The number of carbonyl (C=O) groups is 2. The number of hydrogen-bond acceptors (Lipinski definition) is 11. The van der Waals surface area contributed by atoms with Gasteiger partial charge in [0.05, 0.1) is 19.3 Å². The molecule has 0 radical (unpaired) electrons. The topological polar surface area (TPSA) is 161 Å². The van der Waals surface area contributed by atoms with Crippen LogP contribution in [0.2, 0.25) is 0 Å². The third-order valence-electron chi connectivity index (χ3n) is 5.35. The molecule has 0 amide bonds. The van der Waals surface area contributed by atoms with Gasteiger partial charge in [0.2, 0.25) is 6.10 Å². The summed E-state index contributed by atoms with van der Waals surface area (Å²) in [5.41, 5.74) is -2.63. The van der Waals surface area contributed by atoms with Crippen molar-refractivity contribution in [1.82, 2.24) is 9.55 Å². The Labute approximate surface area is 200 Å². The van der Waals surface area contributed by atoms with Crippen LogP contribution in [-0.4, -0.2) is 59.1 Å². The number of fused-ring (bicyclic) bond motifs is 1. The number of rotatable bonds is 8. The molecule has 1 aromatic heterocycles. The summed E-state index contributed by atoms with van der Waals surface area (Å²) in [5.74, 6) is 1.07. The minimum absolute atomic E-state index is 0.172. The maximum absolute atomic E-state index is 13.2. The van der Waals surface area contributed by atoms with Gasteiger partial charge >= 0.3 is 25.5 Å². The van der Waals surface area contributed by atoms with Crippen molar-refractivity contribution in [2.24, 2.45) is 5.41 Å². The van der Waals surface area contributed by atoms with E-state index in [-0.39, 0.29) is 19.6 Å². The molecule has 2 aliphatic heterocycles. The quantitative estimate of drug-likeness (QED) is 0.298. The summed E-state index contributed by atoms with van der Waals surface area (Å²) in [5, 5.41) is 0. The van der Waals surface area contributed by atoms with Gasteiger partial charge in [0.15, 0.2) is 6.23 Å². The number of phosphoric ester groups is 1. The molecule has 35 heavy (non-hydrogen) atoms. The highest BCUT2D eigenvalue weighted by molar-refractivity contribution is 7.48. The van der Waals surface area contributed by atoms with E-state index in [4.69, 9.17) is 34.2 Å². The van der Waals surface area contributed by atoms with Crippen LogP contribution in [0.1, 0.15) is 40.3 Å². The fourth-order valence-electron chi connectivity index (χ4n) is 3.74. The monoisotopic (exact) mass is 514 g/mol. The minimum Gasteiger partial charge on any atom is -0.460 e. The van der Waals surface area contributed by atoms with Gasteiger partial charge in [-0.15, -0.1) is 6.42 Å².